The van der Waals surface area contributed by atoms with Gasteiger partial charge in [-0.25, -0.2) is 23.1 Å². The van der Waals surface area contributed by atoms with E-state index < -0.39 is 17.7 Å². The summed E-state index contributed by atoms with van der Waals surface area (Å²) in [7, 11) is -0.0400. The van der Waals surface area contributed by atoms with E-state index in [1.54, 1.807) is 13.0 Å². The molecule has 1 fully saturated rings. The molecular weight excluding hydrogens is 448 g/mol. The summed E-state index contributed by atoms with van der Waals surface area (Å²) >= 11 is 0. The Hall–Kier alpha value is -3.14. The number of ether oxygens (including phenoxy) is 1. The van der Waals surface area contributed by atoms with E-state index in [1.165, 1.54) is 24.5 Å². The Bertz CT molecular complexity index is 1230. The van der Waals surface area contributed by atoms with Crippen LogP contribution in [0.3, 0.4) is 0 Å². The SMILES string of the molecule is CC(C)NC(=O)[C@@H](C)Oc1cc(F)ccc1Nc1ncnc2cc(N=S3CCC3)cc(F)c12. The topological polar surface area (TPSA) is 88.5 Å². The van der Waals surface area contributed by atoms with Gasteiger partial charge in [0.1, 0.15) is 29.5 Å². The molecule has 33 heavy (non-hydrogen) atoms. The molecule has 2 N–H and O–H groups in total. The summed E-state index contributed by atoms with van der Waals surface area (Å²) in [5.74, 6) is 1.01. The van der Waals surface area contributed by atoms with E-state index in [0.717, 1.165) is 24.0 Å². The highest BCUT2D eigenvalue weighted by Crippen LogP contribution is 2.34. The van der Waals surface area contributed by atoms with E-state index in [-0.39, 0.29) is 39.6 Å². The minimum absolute atomic E-state index is 0.0400. The van der Waals surface area contributed by atoms with Gasteiger partial charge in [-0.3, -0.25) is 4.79 Å². The predicted octanol–water partition coefficient (Wildman–Crippen LogP) is 4.78. The Balaban J connectivity index is 1.65. The molecule has 2 heterocycles. The molecule has 0 bridgehead atoms. The number of amides is 1. The van der Waals surface area contributed by atoms with Crippen LogP contribution in [0.2, 0.25) is 0 Å². The van der Waals surface area contributed by atoms with Crippen molar-refractivity contribution < 1.29 is 18.3 Å². The van der Waals surface area contributed by atoms with Gasteiger partial charge in [0.2, 0.25) is 0 Å². The lowest BCUT2D eigenvalue weighted by molar-refractivity contribution is -0.127. The van der Waals surface area contributed by atoms with Crippen LogP contribution in [0.4, 0.5) is 26.0 Å². The standard InChI is InChI=1S/C23H25F2N5O2S/c1-13(2)28-23(31)14(3)32-20-9-15(24)5-6-18(20)29-22-21-17(25)10-16(30-33-7-4-8-33)11-19(21)26-12-27-22/h5-6,9-14H,4,7-8H2,1-3H3,(H,28,31)(H,26,27,29)/t14-/m1/s1. The third-order valence-corrected chi connectivity index (χ3v) is 6.96. The van der Waals surface area contributed by atoms with Crippen LogP contribution in [-0.2, 0) is 15.5 Å². The molecule has 174 valence electrons. The summed E-state index contributed by atoms with van der Waals surface area (Å²) in [4.78, 5) is 20.6. The van der Waals surface area contributed by atoms with Crippen molar-refractivity contribution in [1.29, 1.82) is 0 Å². The van der Waals surface area contributed by atoms with Gasteiger partial charge < -0.3 is 15.4 Å². The fraction of sp³-hybridized carbons (Fsp3) is 0.348. The number of halogens is 2. The molecule has 0 spiro atoms. The molecule has 0 radical (unpaired) electrons. The quantitative estimate of drug-likeness (QED) is 0.516. The van der Waals surface area contributed by atoms with Gasteiger partial charge in [-0.1, -0.05) is 10.7 Å². The summed E-state index contributed by atoms with van der Waals surface area (Å²) in [6.07, 6.45) is 1.60. The molecule has 1 atom stereocenters. The van der Waals surface area contributed by atoms with Crippen LogP contribution in [0.1, 0.15) is 27.2 Å². The molecule has 2 aromatic carbocycles. The molecule has 7 nitrogen and oxygen atoms in total. The molecule has 1 aromatic heterocycles. The predicted molar refractivity (Wildman–Crippen MR) is 126 cm³/mol. The van der Waals surface area contributed by atoms with E-state index in [2.05, 4.69) is 25.0 Å². The number of carbonyl (C=O) groups is 1. The number of rotatable bonds is 7. The van der Waals surface area contributed by atoms with Crippen LogP contribution in [0.25, 0.3) is 10.9 Å². The minimum atomic E-state index is -0.870. The highest BCUT2D eigenvalue weighted by Gasteiger charge is 2.19. The summed E-state index contributed by atoms with van der Waals surface area (Å²) in [6, 6.07) is 6.90. The maximum Gasteiger partial charge on any atom is 0.260 e. The van der Waals surface area contributed by atoms with Crippen molar-refractivity contribution >= 4 is 44.7 Å². The van der Waals surface area contributed by atoms with Crippen molar-refractivity contribution in [2.24, 2.45) is 4.36 Å². The number of fused-ring (bicyclic) bond motifs is 1. The van der Waals surface area contributed by atoms with Crippen molar-refractivity contribution in [3.63, 3.8) is 0 Å². The average molecular weight is 474 g/mol. The first-order chi connectivity index (χ1) is 15.8. The number of aromatic nitrogens is 2. The molecular formula is C23H25F2N5O2S. The molecule has 1 amide bonds. The maximum atomic E-state index is 15.1. The third-order valence-electron chi connectivity index (χ3n) is 4.97. The third kappa shape index (κ3) is 5.44. The van der Waals surface area contributed by atoms with Gasteiger partial charge in [-0.2, -0.15) is 0 Å². The van der Waals surface area contributed by atoms with Crippen LogP contribution >= 0.6 is 0 Å². The Labute approximate surface area is 193 Å². The molecule has 3 aromatic rings. The molecule has 0 unspecified atom stereocenters. The Morgan fingerprint density at radius 3 is 2.64 bits per heavy atom. The number of benzene rings is 2. The van der Waals surface area contributed by atoms with Crippen LogP contribution in [-0.4, -0.2) is 39.5 Å². The summed E-state index contributed by atoms with van der Waals surface area (Å²) in [5, 5.41) is 5.95. The zero-order valence-electron chi connectivity index (χ0n) is 18.6. The van der Waals surface area contributed by atoms with E-state index in [1.807, 2.05) is 13.8 Å². The second kappa shape index (κ2) is 9.78. The fourth-order valence-corrected chi connectivity index (χ4v) is 4.39. The van der Waals surface area contributed by atoms with Crippen LogP contribution < -0.4 is 15.4 Å². The second-order valence-electron chi connectivity index (χ2n) is 8.05. The summed E-state index contributed by atoms with van der Waals surface area (Å²) < 4.78 is 39.3. The number of nitrogens with one attached hydrogen (secondary N) is 2. The van der Waals surface area contributed by atoms with Crippen LogP contribution in [0.15, 0.2) is 41.0 Å². The monoisotopic (exact) mass is 473 g/mol. The Morgan fingerprint density at radius 1 is 1.15 bits per heavy atom. The van der Waals surface area contributed by atoms with E-state index >= 15 is 4.39 Å². The van der Waals surface area contributed by atoms with Gasteiger partial charge >= 0.3 is 0 Å². The fourth-order valence-electron chi connectivity index (χ4n) is 3.26. The van der Waals surface area contributed by atoms with Crippen molar-refractivity contribution in [1.82, 2.24) is 15.3 Å². The maximum absolute atomic E-state index is 15.1. The number of nitrogens with zero attached hydrogens (tertiary/aromatic N) is 3. The van der Waals surface area contributed by atoms with Crippen LogP contribution in [0, 0.1) is 11.6 Å². The van der Waals surface area contributed by atoms with Gasteiger partial charge in [-0.05, 0) is 45.4 Å². The van der Waals surface area contributed by atoms with Crippen molar-refractivity contribution in [3.05, 3.63) is 48.3 Å². The van der Waals surface area contributed by atoms with E-state index in [9.17, 15) is 9.18 Å². The van der Waals surface area contributed by atoms with Crippen molar-refractivity contribution in [2.45, 2.75) is 39.3 Å². The smallest absolute Gasteiger partial charge is 0.260 e. The Morgan fingerprint density at radius 2 is 1.94 bits per heavy atom. The first kappa shape index (κ1) is 23.0. The highest BCUT2D eigenvalue weighted by atomic mass is 32.2. The summed E-state index contributed by atoms with van der Waals surface area (Å²) in [6.45, 7) is 5.24. The number of hydrogen-bond donors (Lipinski definition) is 2. The van der Waals surface area contributed by atoms with E-state index in [0.29, 0.717) is 16.9 Å². The molecule has 10 heteroatoms. The molecule has 4 rings (SSSR count). The Kier molecular flexibility index (Phi) is 6.83. The molecule has 1 aliphatic rings. The molecule has 1 saturated heterocycles. The highest BCUT2D eigenvalue weighted by molar-refractivity contribution is 7.88. The lowest BCUT2D eigenvalue weighted by Crippen LogP contribution is -2.40. The first-order valence-corrected chi connectivity index (χ1v) is 12.2. The lowest BCUT2D eigenvalue weighted by atomic mass is 10.2. The van der Waals surface area contributed by atoms with Crippen molar-refractivity contribution in [2.75, 3.05) is 16.8 Å². The van der Waals surface area contributed by atoms with E-state index in [4.69, 9.17) is 4.74 Å². The lowest BCUT2D eigenvalue weighted by Gasteiger charge is -2.19. The van der Waals surface area contributed by atoms with Gasteiger partial charge in [-0.15, -0.1) is 0 Å². The largest absolute Gasteiger partial charge is 0.479 e. The second-order valence-corrected chi connectivity index (χ2v) is 9.97. The molecule has 0 saturated carbocycles. The minimum Gasteiger partial charge on any atom is -0.479 e. The molecule has 0 aliphatic carbocycles. The van der Waals surface area contributed by atoms with Crippen LogP contribution in [0.5, 0.6) is 5.75 Å². The summed E-state index contributed by atoms with van der Waals surface area (Å²) in [5.41, 5.74) is 1.30. The number of carbonyl (C=O) groups excluding carboxylic acids is 1. The molecule has 1 aliphatic heterocycles. The van der Waals surface area contributed by atoms with Gasteiger partial charge in [0.15, 0.2) is 6.10 Å². The number of anilines is 2. The zero-order chi connectivity index (χ0) is 23.5. The number of hydrogen-bond acceptors (Lipinski definition) is 6. The van der Waals surface area contributed by atoms with Gasteiger partial charge in [0.05, 0.1) is 22.3 Å². The normalized spacial score (nSPS) is 14.6. The van der Waals surface area contributed by atoms with Crippen molar-refractivity contribution in [3.8, 4) is 5.75 Å². The van der Waals surface area contributed by atoms with Gasteiger partial charge in [0, 0.05) is 29.7 Å². The van der Waals surface area contributed by atoms with Gasteiger partial charge in [0.25, 0.3) is 5.91 Å². The average Bonchev–Trinajstić information content (AvgIpc) is 2.72. The zero-order valence-corrected chi connectivity index (χ0v) is 19.4. The first-order valence-electron chi connectivity index (χ1n) is 10.7.